The van der Waals surface area contributed by atoms with Gasteiger partial charge >= 0.3 is 0 Å². The predicted octanol–water partition coefficient (Wildman–Crippen LogP) is 6.61. The number of allylic oxidation sites excluding steroid dienone is 12. The minimum Gasteiger partial charge on any atom is -0.0740 e. The van der Waals surface area contributed by atoms with Crippen molar-refractivity contribution >= 4 is 21.0 Å². The van der Waals surface area contributed by atoms with Gasteiger partial charge in [-0.25, -0.2) is 0 Å². The summed E-state index contributed by atoms with van der Waals surface area (Å²) in [6.45, 7) is 11.6. The first kappa shape index (κ1) is 21.9. The molecule has 3 aliphatic rings. The van der Waals surface area contributed by atoms with E-state index in [9.17, 15) is 0 Å². The van der Waals surface area contributed by atoms with Crippen LogP contribution in [0.4, 0.5) is 0 Å². The highest BCUT2D eigenvalue weighted by atomic mass is 28.1. The van der Waals surface area contributed by atoms with Gasteiger partial charge in [0.2, 0.25) is 0 Å². The van der Waals surface area contributed by atoms with Gasteiger partial charge in [0.1, 0.15) is 0 Å². The van der Waals surface area contributed by atoms with Crippen molar-refractivity contribution in [2.45, 2.75) is 46.5 Å². The van der Waals surface area contributed by atoms with Gasteiger partial charge in [-0.15, -0.1) is 0 Å². The van der Waals surface area contributed by atoms with Gasteiger partial charge in [-0.2, -0.15) is 0 Å². The molecule has 0 heterocycles. The highest BCUT2D eigenvalue weighted by molar-refractivity contribution is 6.33. The summed E-state index contributed by atoms with van der Waals surface area (Å²) in [6.07, 6.45) is 14.1. The van der Waals surface area contributed by atoms with E-state index in [0.717, 1.165) is 10.2 Å². The summed E-state index contributed by atoms with van der Waals surface area (Å²) < 4.78 is 0. The van der Waals surface area contributed by atoms with Crippen LogP contribution in [-0.4, -0.2) is 10.2 Å². The SMILES string of the molecule is CC1=CC(C)C(c2c(C3C(C)=CC4=C3C=CC=CC4c3ccccc3)ccc([SiH3])c2C)=C1C. The summed E-state index contributed by atoms with van der Waals surface area (Å²) in [6, 6.07) is 15.8. The summed E-state index contributed by atoms with van der Waals surface area (Å²) in [5, 5.41) is 1.51. The molecule has 5 rings (SSSR count). The molecular formula is C32H34Si. The quantitative estimate of drug-likeness (QED) is 0.466. The van der Waals surface area contributed by atoms with Crippen molar-refractivity contribution in [3.05, 3.63) is 129 Å². The van der Waals surface area contributed by atoms with Crippen LogP contribution in [0.15, 0.2) is 107 Å². The van der Waals surface area contributed by atoms with E-state index in [1.54, 1.807) is 0 Å². The molecule has 166 valence electrons. The van der Waals surface area contributed by atoms with Crippen LogP contribution >= 0.6 is 0 Å². The average molecular weight is 447 g/mol. The lowest BCUT2D eigenvalue weighted by Crippen LogP contribution is -2.16. The van der Waals surface area contributed by atoms with E-state index in [4.69, 9.17) is 0 Å². The highest BCUT2D eigenvalue weighted by Gasteiger charge is 2.33. The molecule has 0 aliphatic heterocycles. The molecule has 1 heteroatoms. The standard InChI is InChI=1S/C32H34Si/c1-19-17-20(2)30(22(19)4)32-23(5)29(33)16-15-27(32)31-21(3)18-28-25(13-9-10-14-26(28)31)24-11-7-6-8-12-24/h6-18,20,25,31H,1-5,33H3. The number of benzene rings is 2. The molecule has 2 aromatic carbocycles. The second-order valence-corrected chi connectivity index (χ2v) is 11.1. The van der Waals surface area contributed by atoms with Crippen LogP contribution in [0.25, 0.3) is 5.57 Å². The molecule has 3 atom stereocenters. The predicted molar refractivity (Wildman–Crippen MR) is 147 cm³/mol. The van der Waals surface area contributed by atoms with E-state index in [1.807, 2.05) is 0 Å². The first-order valence-electron chi connectivity index (χ1n) is 12.2. The van der Waals surface area contributed by atoms with E-state index in [-0.39, 0.29) is 0 Å². The molecule has 0 saturated carbocycles. The Morgan fingerprint density at radius 1 is 0.848 bits per heavy atom. The van der Waals surface area contributed by atoms with Gasteiger partial charge in [0.15, 0.2) is 0 Å². The Hall–Kier alpha value is -2.90. The van der Waals surface area contributed by atoms with Gasteiger partial charge < -0.3 is 0 Å². The zero-order valence-corrected chi connectivity index (χ0v) is 22.7. The summed E-state index contributed by atoms with van der Waals surface area (Å²) in [4.78, 5) is 0. The fraction of sp³-hybridized carbons (Fsp3) is 0.250. The van der Waals surface area contributed by atoms with Crippen molar-refractivity contribution in [3.63, 3.8) is 0 Å². The van der Waals surface area contributed by atoms with Crippen LogP contribution in [0.2, 0.25) is 0 Å². The van der Waals surface area contributed by atoms with Gasteiger partial charge in [-0.05, 0) is 72.2 Å². The number of hydrogen-bond donors (Lipinski definition) is 0. The Kier molecular flexibility index (Phi) is 5.62. The molecule has 33 heavy (non-hydrogen) atoms. The van der Waals surface area contributed by atoms with Gasteiger partial charge in [-0.3, -0.25) is 0 Å². The lowest BCUT2D eigenvalue weighted by molar-refractivity contribution is 0.924. The van der Waals surface area contributed by atoms with E-state index in [1.165, 1.54) is 60.9 Å². The second kappa shape index (κ2) is 8.46. The maximum absolute atomic E-state index is 2.47. The summed E-state index contributed by atoms with van der Waals surface area (Å²) in [5.74, 6) is 1.08. The summed E-state index contributed by atoms with van der Waals surface area (Å²) in [7, 11) is 1.08. The monoisotopic (exact) mass is 446 g/mol. The van der Waals surface area contributed by atoms with Crippen LogP contribution < -0.4 is 5.19 Å². The molecular weight excluding hydrogens is 412 g/mol. The second-order valence-electron chi connectivity index (χ2n) is 10.0. The zero-order chi connectivity index (χ0) is 23.3. The molecule has 0 amide bonds. The third-order valence-corrected chi connectivity index (χ3v) is 9.05. The van der Waals surface area contributed by atoms with Crippen LogP contribution in [0.5, 0.6) is 0 Å². The largest absolute Gasteiger partial charge is 0.0740 e. The Labute approximate surface area is 202 Å². The van der Waals surface area contributed by atoms with Crippen molar-refractivity contribution in [2.24, 2.45) is 5.92 Å². The van der Waals surface area contributed by atoms with Crippen molar-refractivity contribution in [3.8, 4) is 0 Å². The maximum atomic E-state index is 2.47. The van der Waals surface area contributed by atoms with Crippen LogP contribution in [0, 0.1) is 12.8 Å². The topological polar surface area (TPSA) is 0 Å². The molecule has 0 aromatic heterocycles. The lowest BCUT2D eigenvalue weighted by Gasteiger charge is -2.26. The van der Waals surface area contributed by atoms with Crippen molar-refractivity contribution in [1.82, 2.24) is 0 Å². The highest BCUT2D eigenvalue weighted by Crippen LogP contribution is 2.50. The fourth-order valence-corrected chi connectivity index (χ4v) is 6.49. The first-order valence-corrected chi connectivity index (χ1v) is 13.2. The minimum atomic E-state index is 0.300. The van der Waals surface area contributed by atoms with E-state index >= 15 is 0 Å². The van der Waals surface area contributed by atoms with E-state index in [0.29, 0.717) is 17.8 Å². The van der Waals surface area contributed by atoms with Gasteiger partial charge in [0.25, 0.3) is 0 Å². The minimum absolute atomic E-state index is 0.300. The summed E-state index contributed by atoms with van der Waals surface area (Å²) in [5.41, 5.74) is 14.6. The van der Waals surface area contributed by atoms with E-state index < -0.39 is 0 Å². The normalized spacial score (nSPS) is 24.3. The molecule has 2 aromatic rings. The molecule has 3 unspecified atom stereocenters. The molecule has 0 nitrogen and oxygen atoms in total. The van der Waals surface area contributed by atoms with Crippen molar-refractivity contribution < 1.29 is 0 Å². The van der Waals surface area contributed by atoms with Crippen LogP contribution in [0.3, 0.4) is 0 Å². The van der Waals surface area contributed by atoms with Gasteiger partial charge in [-0.1, -0.05) is 102 Å². The average Bonchev–Trinajstić information content (AvgIpc) is 3.15. The maximum Gasteiger partial charge on any atom is 0.0388 e. The molecule has 3 aliphatic carbocycles. The Bertz CT molecular complexity index is 1310. The van der Waals surface area contributed by atoms with Gasteiger partial charge in [0.05, 0.1) is 0 Å². The first-order chi connectivity index (χ1) is 15.9. The Balaban J connectivity index is 1.71. The third kappa shape index (κ3) is 3.59. The summed E-state index contributed by atoms with van der Waals surface area (Å²) >= 11 is 0. The van der Waals surface area contributed by atoms with Crippen molar-refractivity contribution in [1.29, 1.82) is 0 Å². The number of hydrogen-bond acceptors (Lipinski definition) is 0. The third-order valence-electron chi connectivity index (χ3n) is 7.97. The fourth-order valence-electron chi connectivity index (χ4n) is 6.07. The lowest BCUT2D eigenvalue weighted by atomic mass is 9.78. The van der Waals surface area contributed by atoms with Crippen molar-refractivity contribution in [2.75, 3.05) is 0 Å². The van der Waals surface area contributed by atoms with E-state index in [2.05, 4.69) is 114 Å². The molecule has 0 bridgehead atoms. The molecule has 0 fully saturated rings. The van der Waals surface area contributed by atoms with Crippen LogP contribution in [-0.2, 0) is 0 Å². The smallest absolute Gasteiger partial charge is 0.0388 e. The molecule has 0 radical (unpaired) electrons. The molecule has 0 spiro atoms. The van der Waals surface area contributed by atoms with Gasteiger partial charge in [0, 0.05) is 28.0 Å². The molecule has 0 saturated heterocycles. The zero-order valence-electron chi connectivity index (χ0n) is 20.7. The van der Waals surface area contributed by atoms with Crippen LogP contribution in [0.1, 0.15) is 61.8 Å². The number of rotatable bonds is 3. The molecule has 0 N–H and O–H groups in total. The Morgan fingerprint density at radius 3 is 2.30 bits per heavy atom. The Morgan fingerprint density at radius 2 is 1.61 bits per heavy atom.